The molecule has 0 aromatic heterocycles. The first-order chi connectivity index (χ1) is 18.4. The summed E-state index contributed by atoms with van der Waals surface area (Å²) >= 11 is 3.45. The number of aldehydes is 1. The zero-order valence-electron chi connectivity index (χ0n) is 21.8. The highest BCUT2D eigenvalue weighted by atomic mass is 79.9. The molecule has 4 aliphatic heterocycles. The SMILES string of the molecule is C=C(Br)CC(CC[C@@]12CC3CC(O1)C1C(C)[C@@H](OC4CCC(CC=O)O[C@@H]41)C3O2)OC(=O)c1ccccc1. The second-order valence-electron chi connectivity index (χ2n) is 11.8. The summed E-state index contributed by atoms with van der Waals surface area (Å²) in [4.78, 5) is 24.0. The Morgan fingerprint density at radius 1 is 1.16 bits per heavy atom. The van der Waals surface area contributed by atoms with Gasteiger partial charge in [-0.15, -0.1) is 0 Å². The van der Waals surface area contributed by atoms with Crippen molar-refractivity contribution in [2.45, 2.75) is 107 Å². The zero-order valence-corrected chi connectivity index (χ0v) is 23.4. The molecule has 8 unspecified atom stereocenters. The third-order valence-electron chi connectivity index (χ3n) is 9.31. The molecule has 5 aliphatic rings. The van der Waals surface area contributed by atoms with Crippen LogP contribution in [0.4, 0.5) is 0 Å². The van der Waals surface area contributed by atoms with Crippen LogP contribution in [0, 0.1) is 17.8 Å². The van der Waals surface area contributed by atoms with Gasteiger partial charge in [0.2, 0.25) is 0 Å². The van der Waals surface area contributed by atoms with Crippen LogP contribution in [-0.4, -0.2) is 60.8 Å². The van der Waals surface area contributed by atoms with E-state index in [0.29, 0.717) is 37.2 Å². The molecule has 6 rings (SSSR count). The summed E-state index contributed by atoms with van der Waals surface area (Å²) in [6.07, 6.45) is 6.26. The molecule has 1 aromatic carbocycles. The number of benzene rings is 1. The van der Waals surface area contributed by atoms with Gasteiger partial charge in [0.1, 0.15) is 12.4 Å². The molecule has 5 bridgehead atoms. The average Bonchev–Trinajstić information content (AvgIpc) is 3.15. The number of esters is 1. The van der Waals surface area contributed by atoms with Gasteiger partial charge in [0.05, 0.1) is 42.2 Å². The van der Waals surface area contributed by atoms with E-state index in [0.717, 1.165) is 36.5 Å². The Balaban J connectivity index is 1.18. The number of hydrogen-bond donors (Lipinski definition) is 0. The molecular formula is C30H37BrO7. The molecule has 206 valence electrons. The summed E-state index contributed by atoms with van der Waals surface area (Å²) in [7, 11) is 0. The fourth-order valence-electron chi connectivity index (χ4n) is 7.67. The number of fused-ring (bicyclic) bond motifs is 8. The van der Waals surface area contributed by atoms with E-state index in [4.69, 9.17) is 23.7 Å². The number of carbonyl (C=O) groups is 2. The van der Waals surface area contributed by atoms with Crippen LogP contribution >= 0.6 is 15.9 Å². The summed E-state index contributed by atoms with van der Waals surface area (Å²) in [6, 6.07) is 9.06. The number of halogens is 1. The van der Waals surface area contributed by atoms with Crippen LogP contribution in [-0.2, 0) is 28.5 Å². The van der Waals surface area contributed by atoms with Gasteiger partial charge in [0.15, 0.2) is 5.79 Å². The van der Waals surface area contributed by atoms with Crippen molar-refractivity contribution in [2.75, 3.05) is 0 Å². The second-order valence-corrected chi connectivity index (χ2v) is 12.9. The maximum Gasteiger partial charge on any atom is 0.338 e. The molecule has 4 heterocycles. The van der Waals surface area contributed by atoms with Crippen molar-refractivity contribution in [2.24, 2.45) is 17.8 Å². The Kier molecular flexibility index (Phi) is 7.55. The van der Waals surface area contributed by atoms with Crippen LogP contribution < -0.4 is 0 Å². The van der Waals surface area contributed by atoms with Gasteiger partial charge in [-0.2, -0.15) is 0 Å². The first-order valence-electron chi connectivity index (χ1n) is 14.1. The van der Waals surface area contributed by atoms with Crippen molar-refractivity contribution in [3.8, 4) is 0 Å². The second kappa shape index (κ2) is 10.8. The predicted octanol–water partition coefficient (Wildman–Crippen LogP) is 5.35. The molecule has 0 spiro atoms. The highest BCUT2D eigenvalue weighted by molar-refractivity contribution is 9.11. The highest BCUT2D eigenvalue weighted by Gasteiger charge is 2.65. The van der Waals surface area contributed by atoms with Crippen LogP contribution in [0.25, 0.3) is 0 Å². The quantitative estimate of drug-likeness (QED) is 0.284. The zero-order chi connectivity index (χ0) is 26.4. The Morgan fingerprint density at radius 2 is 1.97 bits per heavy atom. The Morgan fingerprint density at radius 3 is 2.74 bits per heavy atom. The largest absolute Gasteiger partial charge is 0.458 e. The molecule has 0 N–H and O–H groups in total. The van der Waals surface area contributed by atoms with Gasteiger partial charge in [0, 0.05) is 31.6 Å². The molecule has 4 saturated heterocycles. The molecule has 0 amide bonds. The lowest BCUT2D eigenvalue weighted by Crippen LogP contribution is -2.61. The van der Waals surface area contributed by atoms with Crippen molar-refractivity contribution in [3.63, 3.8) is 0 Å². The van der Waals surface area contributed by atoms with Gasteiger partial charge in [-0.3, -0.25) is 0 Å². The lowest BCUT2D eigenvalue weighted by atomic mass is 9.74. The van der Waals surface area contributed by atoms with Crippen molar-refractivity contribution < 1.29 is 33.3 Å². The molecular weight excluding hydrogens is 552 g/mol. The Bertz CT molecular complexity index is 1050. The summed E-state index contributed by atoms with van der Waals surface area (Å²) in [5, 5.41) is 0. The lowest BCUT2D eigenvalue weighted by Gasteiger charge is -2.53. The first kappa shape index (κ1) is 26.6. The monoisotopic (exact) mass is 588 g/mol. The average molecular weight is 590 g/mol. The van der Waals surface area contributed by atoms with Gasteiger partial charge in [-0.25, -0.2) is 4.79 Å². The minimum Gasteiger partial charge on any atom is -0.458 e. The smallest absolute Gasteiger partial charge is 0.338 e. The number of ether oxygens (including phenoxy) is 5. The van der Waals surface area contributed by atoms with E-state index in [2.05, 4.69) is 29.4 Å². The van der Waals surface area contributed by atoms with Gasteiger partial charge in [-0.05, 0) is 54.1 Å². The van der Waals surface area contributed by atoms with E-state index in [1.54, 1.807) is 12.1 Å². The van der Waals surface area contributed by atoms with Crippen molar-refractivity contribution >= 4 is 28.2 Å². The standard InChI is InChI=1S/C30H37BrO7/c1-17(31)14-22(35-29(33)19-6-4-3-5-7-19)10-12-30-16-20-15-24(37-30)25-18(2)26(27(20)38-30)36-23-9-8-21(11-13-32)34-28(23)25/h3-7,13,18,20-28H,1,8-12,14-16H2,2H3/t18?,20?,21?,22?,23?,24?,25?,26-,27?,28+,30-/m1/s1. The summed E-state index contributed by atoms with van der Waals surface area (Å²) in [6.45, 7) is 6.22. The first-order valence-corrected chi connectivity index (χ1v) is 14.8. The number of hydrogen-bond acceptors (Lipinski definition) is 7. The molecule has 1 aromatic rings. The minimum absolute atomic E-state index is 0.00916. The van der Waals surface area contributed by atoms with Gasteiger partial charge in [-0.1, -0.05) is 47.6 Å². The molecule has 7 nitrogen and oxygen atoms in total. The molecule has 38 heavy (non-hydrogen) atoms. The minimum atomic E-state index is -0.715. The normalized spacial score (nSPS) is 41.6. The molecule has 5 fully saturated rings. The predicted molar refractivity (Wildman–Crippen MR) is 143 cm³/mol. The Hall–Kier alpha value is -1.58. The van der Waals surface area contributed by atoms with E-state index in [9.17, 15) is 9.59 Å². The molecule has 8 heteroatoms. The van der Waals surface area contributed by atoms with Gasteiger partial charge in [0.25, 0.3) is 0 Å². The molecule has 11 atom stereocenters. The maximum atomic E-state index is 12.8. The van der Waals surface area contributed by atoms with E-state index in [1.165, 1.54) is 0 Å². The summed E-state index contributed by atoms with van der Waals surface area (Å²) in [5.41, 5.74) is 0.533. The molecule has 0 radical (unpaired) electrons. The Labute approximate surface area is 232 Å². The van der Waals surface area contributed by atoms with Crippen LogP contribution in [0.2, 0.25) is 0 Å². The van der Waals surface area contributed by atoms with Gasteiger partial charge >= 0.3 is 5.97 Å². The number of rotatable bonds is 9. The van der Waals surface area contributed by atoms with Crippen LogP contribution in [0.1, 0.15) is 68.6 Å². The van der Waals surface area contributed by atoms with Crippen molar-refractivity contribution in [1.82, 2.24) is 0 Å². The highest BCUT2D eigenvalue weighted by Crippen LogP contribution is 2.57. The summed E-state index contributed by atoms with van der Waals surface area (Å²) < 4.78 is 33.6. The van der Waals surface area contributed by atoms with Gasteiger partial charge < -0.3 is 28.5 Å². The topological polar surface area (TPSA) is 80.3 Å². The van der Waals surface area contributed by atoms with Crippen LogP contribution in [0.15, 0.2) is 41.4 Å². The van der Waals surface area contributed by atoms with E-state index < -0.39 is 5.79 Å². The fourth-order valence-corrected chi connectivity index (χ4v) is 8.03. The lowest BCUT2D eigenvalue weighted by molar-refractivity contribution is -0.333. The third-order valence-corrected chi connectivity index (χ3v) is 9.63. The fraction of sp³-hybridized carbons (Fsp3) is 0.667. The number of carbonyl (C=O) groups excluding carboxylic acids is 2. The molecule has 1 saturated carbocycles. The summed E-state index contributed by atoms with van der Waals surface area (Å²) in [5.74, 6) is -0.228. The van der Waals surface area contributed by atoms with Crippen LogP contribution in [0.3, 0.4) is 0 Å². The van der Waals surface area contributed by atoms with E-state index >= 15 is 0 Å². The van der Waals surface area contributed by atoms with E-state index in [1.807, 2.05) is 18.2 Å². The van der Waals surface area contributed by atoms with Crippen molar-refractivity contribution in [3.05, 3.63) is 47.0 Å². The molecule has 1 aliphatic carbocycles. The van der Waals surface area contributed by atoms with Crippen molar-refractivity contribution in [1.29, 1.82) is 0 Å². The van der Waals surface area contributed by atoms with Crippen LogP contribution in [0.5, 0.6) is 0 Å². The van der Waals surface area contributed by atoms with E-state index in [-0.39, 0.29) is 60.5 Å². The maximum absolute atomic E-state index is 12.8. The third kappa shape index (κ3) is 5.03.